The second-order valence-corrected chi connectivity index (χ2v) is 7.85. The molecule has 3 aromatic rings. The zero-order valence-electron chi connectivity index (χ0n) is 15.7. The van der Waals surface area contributed by atoms with Crippen LogP contribution in [0.15, 0.2) is 52.0 Å². The smallest absolute Gasteiger partial charge is 0.250 e. The minimum Gasteiger partial charge on any atom is -0.457 e. The highest BCUT2D eigenvalue weighted by atomic mass is 35.5. The molecule has 1 aromatic carbocycles. The molecular weight excluding hydrogens is 430 g/mol. The van der Waals surface area contributed by atoms with Crippen molar-refractivity contribution in [2.75, 3.05) is 11.2 Å². The van der Waals surface area contributed by atoms with E-state index in [-0.39, 0.29) is 11.0 Å². The molecule has 0 fully saturated rings. The fraction of sp³-hybridized carbons (Fsp3) is 0.158. The van der Waals surface area contributed by atoms with Crippen molar-refractivity contribution in [3.63, 3.8) is 0 Å². The number of thiocarbonyl (C=S) groups is 1. The number of benzene rings is 1. The van der Waals surface area contributed by atoms with E-state index in [2.05, 4.69) is 20.9 Å². The fourth-order valence-corrected chi connectivity index (χ4v) is 3.33. The largest absolute Gasteiger partial charge is 0.457 e. The van der Waals surface area contributed by atoms with Gasteiger partial charge in [-0.25, -0.2) is 4.68 Å². The van der Waals surface area contributed by atoms with Crippen LogP contribution in [0.25, 0.3) is 17.4 Å². The highest BCUT2D eigenvalue weighted by Gasteiger charge is 2.11. The van der Waals surface area contributed by atoms with E-state index in [1.165, 1.54) is 17.8 Å². The molecule has 0 atom stereocenters. The number of hydrogen-bond donors (Lipinski definition) is 2. The number of nitrogens with zero attached hydrogens (tertiary/aromatic N) is 3. The molecule has 3 rings (SSSR count). The van der Waals surface area contributed by atoms with Gasteiger partial charge in [-0.05, 0) is 67.4 Å². The average molecular weight is 448 g/mol. The van der Waals surface area contributed by atoms with Crippen LogP contribution in [-0.4, -0.2) is 31.6 Å². The van der Waals surface area contributed by atoms with Gasteiger partial charge in [0.1, 0.15) is 17.3 Å². The normalized spacial score (nSPS) is 11.0. The summed E-state index contributed by atoms with van der Waals surface area (Å²) in [5.74, 6) is 2.31. The number of hydrogen-bond acceptors (Lipinski definition) is 6. The molecule has 0 aliphatic rings. The van der Waals surface area contributed by atoms with E-state index in [9.17, 15) is 4.79 Å². The van der Waals surface area contributed by atoms with Gasteiger partial charge in [-0.15, -0.1) is 10.2 Å². The van der Waals surface area contributed by atoms with Crippen LogP contribution in [-0.2, 0) is 4.79 Å². The lowest BCUT2D eigenvalue weighted by Crippen LogP contribution is -2.37. The molecule has 0 unspecified atom stereocenters. The Morgan fingerprint density at radius 3 is 2.76 bits per heavy atom. The quantitative estimate of drug-likeness (QED) is 0.331. The molecule has 10 heteroatoms. The van der Waals surface area contributed by atoms with Gasteiger partial charge in [0.2, 0.25) is 11.1 Å². The molecule has 7 nitrogen and oxygen atoms in total. The first-order chi connectivity index (χ1) is 14.0. The lowest BCUT2D eigenvalue weighted by molar-refractivity contribution is -0.115. The van der Waals surface area contributed by atoms with Crippen LogP contribution in [0.3, 0.4) is 0 Å². The molecule has 29 heavy (non-hydrogen) atoms. The molecule has 0 aliphatic carbocycles. The summed E-state index contributed by atoms with van der Waals surface area (Å²) < 4.78 is 7.36. The maximum atomic E-state index is 12.1. The second-order valence-electron chi connectivity index (χ2n) is 5.77. The SMILES string of the molecule is CCSc1nnc(C)n1NC(=S)NC(=O)C=Cc1ccc(-c2ccc(Cl)cc2)o1. The number of thioether (sulfide) groups is 1. The molecule has 0 radical (unpaired) electrons. The lowest BCUT2D eigenvalue weighted by Gasteiger charge is -2.11. The van der Waals surface area contributed by atoms with Crippen molar-refractivity contribution >= 4 is 52.7 Å². The molecule has 2 aromatic heterocycles. The summed E-state index contributed by atoms with van der Waals surface area (Å²) in [6, 6.07) is 10.9. The number of carbonyl (C=O) groups excluding carboxylic acids is 1. The van der Waals surface area contributed by atoms with Crippen molar-refractivity contribution in [3.05, 3.63) is 59.1 Å². The van der Waals surface area contributed by atoms with Crippen molar-refractivity contribution in [2.45, 2.75) is 19.0 Å². The lowest BCUT2D eigenvalue weighted by atomic mass is 10.2. The summed E-state index contributed by atoms with van der Waals surface area (Å²) in [5.41, 5.74) is 3.80. The van der Waals surface area contributed by atoms with Crippen LogP contribution in [0.1, 0.15) is 18.5 Å². The average Bonchev–Trinajstić information content (AvgIpc) is 3.29. The van der Waals surface area contributed by atoms with Crippen molar-refractivity contribution in [2.24, 2.45) is 0 Å². The Morgan fingerprint density at radius 2 is 2.03 bits per heavy atom. The van der Waals surface area contributed by atoms with Crippen LogP contribution in [0.4, 0.5) is 0 Å². The molecule has 0 aliphatic heterocycles. The van der Waals surface area contributed by atoms with E-state index in [1.807, 2.05) is 25.1 Å². The summed E-state index contributed by atoms with van der Waals surface area (Å²) in [5, 5.41) is 12.1. The van der Waals surface area contributed by atoms with E-state index in [0.29, 0.717) is 27.5 Å². The summed E-state index contributed by atoms with van der Waals surface area (Å²) in [7, 11) is 0. The molecule has 0 saturated heterocycles. The molecule has 0 spiro atoms. The van der Waals surface area contributed by atoms with E-state index >= 15 is 0 Å². The molecule has 1 amide bonds. The molecule has 2 N–H and O–H groups in total. The van der Waals surface area contributed by atoms with Gasteiger partial charge in [-0.2, -0.15) is 0 Å². The van der Waals surface area contributed by atoms with Crippen molar-refractivity contribution in [1.82, 2.24) is 20.2 Å². The number of amides is 1. The van der Waals surface area contributed by atoms with E-state index in [4.69, 9.17) is 28.2 Å². The van der Waals surface area contributed by atoms with Crippen LogP contribution in [0, 0.1) is 6.92 Å². The zero-order chi connectivity index (χ0) is 20.8. The van der Waals surface area contributed by atoms with E-state index < -0.39 is 0 Å². The fourth-order valence-electron chi connectivity index (χ4n) is 2.35. The number of carbonyl (C=O) groups is 1. The first kappa shape index (κ1) is 21.1. The Balaban J connectivity index is 1.58. The number of furan rings is 1. The summed E-state index contributed by atoms with van der Waals surface area (Å²) in [6.45, 7) is 3.80. The first-order valence-corrected chi connectivity index (χ1v) is 10.4. The van der Waals surface area contributed by atoms with Gasteiger partial charge in [0.25, 0.3) is 0 Å². The van der Waals surface area contributed by atoms with Crippen LogP contribution < -0.4 is 10.7 Å². The summed E-state index contributed by atoms with van der Waals surface area (Å²) in [6.07, 6.45) is 2.92. The molecule has 0 saturated carbocycles. The van der Waals surface area contributed by atoms with Crippen molar-refractivity contribution in [1.29, 1.82) is 0 Å². The van der Waals surface area contributed by atoms with Crippen molar-refractivity contribution in [3.8, 4) is 11.3 Å². The number of aromatic nitrogens is 3. The Morgan fingerprint density at radius 1 is 1.28 bits per heavy atom. The maximum absolute atomic E-state index is 12.1. The number of rotatable bonds is 6. The van der Waals surface area contributed by atoms with E-state index in [0.717, 1.165) is 11.3 Å². The zero-order valence-corrected chi connectivity index (χ0v) is 18.1. The van der Waals surface area contributed by atoms with Gasteiger partial charge in [-0.3, -0.25) is 15.5 Å². The summed E-state index contributed by atoms with van der Waals surface area (Å²) >= 11 is 12.6. The number of nitrogens with one attached hydrogen (secondary N) is 2. The Bertz CT molecular complexity index is 1040. The Labute approximate surface area is 182 Å². The van der Waals surface area contributed by atoms with Crippen LogP contribution in [0.5, 0.6) is 0 Å². The molecule has 150 valence electrons. The van der Waals surface area contributed by atoms with Gasteiger partial charge < -0.3 is 4.42 Å². The van der Waals surface area contributed by atoms with Gasteiger partial charge in [-0.1, -0.05) is 30.3 Å². The highest BCUT2D eigenvalue weighted by Crippen LogP contribution is 2.24. The van der Waals surface area contributed by atoms with Gasteiger partial charge in [0.15, 0.2) is 5.11 Å². The van der Waals surface area contributed by atoms with Gasteiger partial charge in [0, 0.05) is 16.7 Å². The predicted octanol–water partition coefficient (Wildman–Crippen LogP) is 4.27. The Kier molecular flexibility index (Phi) is 7.08. The minimum atomic E-state index is -0.387. The van der Waals surface area contributed by atoms with Crippen molar-refractivity contribution < 1.29 is 9.21 Å². The molecular formula is C19H18ClN5O2S2. The van der Waals surface area contributed by atoms with Crippen LogP contribution >= 0.6 is 35.6 Å². The molecule has 2 heterocycles. The number of aryl methyl sites for hydroxylation is 1. The highest BCUT2D eigenvalue weighted by molar-refractivity contribution is 7.99. The maximum Gasteiger partial charge on any atom is 0.250 e. The third kappa shape index (κ3) is 5.69. The topological polar surface area (TPSA) is 85.0 Å². The monoisotopic (exact) mass is 447 g/mol. The van der Waals surface area contributed by atoms with Crippen LogP contribution in [0.2, 0.25) is 5.02 Å². The standard InChI is InChI=1S/C19H18ClN5O2S2/c1-3-29-19-23-22-12(2)25(19)24-18(28)21-17(26)11-9-15-8-10-16(27-15)13-4-6-14(20)7-5-13/h4-11H,3H2,1-2H3,(H2,21,24,26,28). The predicted molar refractivity (Wildman–Crippen MR) is 119 cm³/mol. The third-order valence-corrected chi connectivity index (χ3v) is 4.93. The summed E-state index contributed by atoms with van der Waals surface area (Å²) in [4.78, 5) is 12.1. The minimum absolute atomic E-state index is 0.141. The first-order valence-electron chi connectivity index (χ1n) is 8.67. The molecule has 0 bridgehead atoms. The van der Waals surface area contributed by atoms with E-state index in [1.54, 1.807) is 35.9 Å². The second kappa shape index (κ2) is 9.73. The van der Waals surface area contributed by atoms with Gasteiger partial charge >= 0.3 is 0 Å². The third-order valence-electron chi connectivity index (χ3n) is 3.67. The Hall–Kier alpha value is -2.62. The number of halogens is 1. The van der Waals surface area contributed by atoms with Gasteiger partial charge in [0.05, 0.1) is 0 Å².